The summed E-state index contributed by atoms with van der Waals surface area (Å²) in [6.07, 6.45) is 1.17. The van der Waals surface area contributed by atoms with Crippen molar-refractivity contribution in [1.82, 2.24) is 0 Å². The second-order valence-electron chi connectivity index (χ2n) is 5.36. The molecule has 0 unspecified atom stereocenters. The van der Waals surface area contributed by atoms with Crippen molar-refractivity contribution < 1.29 is 5.48 Å². The molecule has 0 aromatic heterocycles. The first-order chi connectivity index (χ1) is 10.4. The molecule has 0 heterocycles. The molecule has 3 aromatic rings. The monoisotopic (exact) mass is 310 g/mol. The van der Waals surface area contributed by atoms with Crippen LogP contribution in [0.3, 0.4) is 0 Å². The molecule has 1 nitrogen and oxygen atoms in total. The molecular formula is C20H23OP. The molecule has 0 fully saturated rings. The molecular weight excluding hydrogens is 287 g/mol. The van der Waals surface area contributed by atoms with Crippen LogP contribution in [0.15, 0.2) is 91.0 Å². The van der Waals surface area contributed by atoms with E-state index in [1.54, 1.807) is 0 Å². The van der Waals surface area contributed by atoms with Crippen LogP contribution >= 0.6 is 7.26 Å². The molecule has 2 N–H and O–H groups in total. The Balaban J connectivity index is 0.00000176. The van der Waals surface area contributed by atoms with Crippen LogP contribution in [0.5, 0.6) is 0 Å². The fraction of sp³-hybridized carbons (Fsp3) is 0.100. The van der Waals surface area contributed by atoms with Gasteiger partial charge in [0.25, 0.3) is 0 Å². The number of hydrogen-bond acceptors (Lipinski definition) is 0. The molecule has 114 valence electrons. The van der Waals surface area contributed by atoms with Crippen LogP contribution in [0.1, 0.15) is 6.92 Å². The van der Waals surface area contributed by atoms with Gasteiger partial charge in [0, 0.05) is 0 Å². The van der Waals surface area contributed by atoms with Crippen molar-refractivity contribution >= 4 is 23.2 Å². The van der Waals surface area contributed by atoms with E-state index in [1.807, 2.05) is 0 Å². The van der Waals surface area contributed by atoms with Gasteiger partial charge in [0.15, 0.2) is 0 Å². The molecule has 0 bridgehead atoms. The van der Waals surface area contributed by atoms with E-state index in [9.17, 15) is 0 Å². The van der Waals surface area contributed by atoms with Crippen molar-refractivity contribution in [2.75, 3.05) is 6.16 Å². The summed E-state index contributed by atoms with van der Waals surface area (Å²) in [6, 6.07) is 33.1. The van der Waals surface area contributed by atoms with Gasteiger partial charge in [-0.3, -0.25) is 0 Å². The number of benzene rings is 3. The van der Waals surface area contributed by atoms with Crippen molar-refractivity contribution in [1.29, 1.82) is 0 Å². The minimum Gasteiger partial charge on any atom is -0.412 e. The Morgan fingerprint density at radius 2 is 0.818 bits per heavy atom. The van der Waals surface area contributed by atoms with Crippen LogP contribution in [0.25, 0.3) is 0 Å². The minimum absolute atomic E-state index is 0. The molecule has 0 amide bonds. The third kappa shape index (κ3) is 2.83. The Morgan fingerprint density at radius 3 is 1.05 bits per heavy atom. The first kappa shape index (κ1) is 16.4. The molecule has 2 heteroatoms. The van der Waals surface area contributed by atoms with E-state index in [2.05, 4.69) is 97.9 Å². The quantitative estimate of drug-likeness (QED) is 0.664. The summed E-state index contributed by atoms with van der Waals surface area (Å²) in [7, 11) is -1.90. The summed E-state index contributed by atoms with van der Waals surface area (Å²) in [4.78, 5) is 0. The zero-order valence-corrected chi connectivity index (χ0v) is 13.9. The predicted octanol–water partition coefficient (Wildman–Crippen LogP) is 2.91. The first-order valence-electron chi connectivity index (χ1n) is 7.54. The molecule has 0 aliphatic rings. The summed E-state index contributed by atoms with van der Waals surface area (Å²) in [6.45, 7) is 2.33. The van der Waals surface area contributed by atoms with Crippen LogP contribution in [-0.4, -0.2) is 11.6 Å². The maximum Gasteiger partial charge on any atom is -0.412 e. The number of hydrogen-bond donors (Lipinski definition) is 0. The van der Waals surface area contributed by atoms with Crippen LogP contribution in [0, 0.1) is 0 Å². The fourth-order valence-electron chi connectivity index (χ4n) is 3.28. The van der Waals surface area contributed by atoms with Gasteiger partial charge in [0.2, 0.25) is 0 Å². The van der Waals surface area contributed by atoms with E-state index < -0.39 is 7.26 Å². The van der Waals surface area contributed by atoms with Gasteiger partial charge in [-0.05, 0) is 0 Å². The largest absolute Gasteiger partial charge is 0.412 e. The van der Waals surface area contributed by atoms with Crippen molar-refractivity contribution in [2.24, 2.45) is 0 Å². The van der Waals surface area contributed by atoms with Crippen molar-refractivity contribution in [3.05, 3.63) is 91.0 Å². The number of rotatable bonds is 4. The molecule has 0 saturated heterocycles. The molecule has 0 radical (unpaired) electrons. The van der Waals surface area contributed by atoms with Crippen LogP contribution in [-0.2, 0) is 0 Å². The van der Waals surface area contributed by atoms with Crippen LogP contribution in [0.2, 0.25) is 0 Å². The second-order valence-corrected chi connectivity index (χ2v) is 9.61. The van der Waals surface area contributed by atoms with Gasteiger partial charge in [0.1, 0.15) is 0 Å². The Kier molecular flexibility index (Phi) is 5.49. The van der Waals surface area contributed by atoms with Crippen molar-refractivity contribution in [3.8, 4) is 0 Å². The van der Waals surface area contributed by atoms with E-state index in [4.69, 9.17) is 0 Å². The second kappa shape index (κ2) is 7.35. The third-order valence-electron chi connectivity index (χ3n) is 4.33. The smallest absolute Gasteiger partial charge is 0.412 e. The zero-order valence-electron chi connectivity index (χ0n) is 12.9. The summed E-state index contributed by atoms with van der Waals surface area (Å²) in [5.74, 6) is 0. The maximum absolute atomic E-state index is 2.33. The van der Waals surface area contributed by atoms with E-state index >= 15 is 0 Å². The standard InChI is InChI=1S/C20H21P.H2O/c1-2-21(18-12-6-3-7-13-18,19-14-8-4-9-15-19)20-16-10-5-11-17-20;/h3-17,21H,2H2,1H3;1H2. The van der Waals surface area contributed by atoms with E-state index in [0.29, 0.717) is 0 Å². The first-order valence-corrected chi connectivity index (χ1v) is 9.75. The van der Waals surface area contributed by atoms with Gasteiger partial charge in [0.05, 0.1) is 0 Å². The van der Waals surface area contributed by atoms with Gasteiger partial charge in [-0.1, -0.05) is 0 Å². The van der Waals surface area contributed by atoms with Crippen LogP contribution in [0.4, 0.5) is 0 Å². The van der Waals surface area contributed by atoms with Crippen molar-refractivity contribution in [2.45, 2.75) is 6.92 Å². The molecule has 0 saturated carbocycles. The van der Waals surface area contributed by atoms with E-state index in [1.165, 1.54) is 22.1 Å². The Morgan fingerprint density at radius 1 is 0.545 bits per heavy atom. The average Bonchev–Trinajstić information content (AvgIpc) is 2.59. The van der Waals surface area contributed by atoms with Gasteiger partial charge in [-0.25, -0.2) is 0 Å². The maximum atomic E-state index is 2.33. The molecule has 0 atom stereocenters. The summed E-state index contributed by atoms with van der Waals surface area (Å²) >= 11 is 0. The van der Waals surface area contributed by atoms with Gasteiger partial charge >= 0.3 is 127 Å². The summed E-state index contributed by atoms with van der Waals surface area (Å²) in [5, 5.41) is 4.47. The Hall–Kier alpha value is -1.95. The summed E-state index contributed by atoms with van der Waals surface area (Å²) in [5.41, 5.74) is 0. The van der Waals surface area contributed by atoms with E-state index in [0.717, 1.165) is 0 Å². The summed E-state index contributed by atoms with van der Waals surface area (Å²) < 4.78 is 0. The molecule has 0 aliphatic heterocycles. The average molecular weight is 310 g/mol. The van der Waals surface area contributed by atoms with Gasteiger partial charge in [-0.15, -0.1) is 0 Å². The molecule has 22 heavy (non-hydrogen) atoms. The Bertz CT molecular complexity index is 584. The van der Waals surface area contributed by atoms with Crippen LogP contribution < -0.4 is 15.9 Å². The molecule has 3 rings (SSSR count). The predicted molar refractivity (Wildman–Crippen MR) is 101 cm³/mol. The third-order valence-corrected chi connectivity index (χ3v) is 9.35. The van der Waals surface area contributed by atoms with Gasteiger partial charge < -0.3 is 5.48 Å². The molecule has 3 aromatic carbocycles. The fourth-order valence-corrected chi connectivity index (χ4v) is 7.79. The normalized spacial score (nSPS) is 11.5. The zero-order chi connectivity index (χ0) is 14.5. The van der Waals surface area contributed by atoms with Crippen molar-refractivity contribution in [3.63, 3.8) is 0 Å². The Labute approximate surface area is 133 Å². The molecule has 0 spiro atoms. The molecule has 0 aliphatic carbocycles. The minimum atomic E-state index is -1.90. The van der Waals surface area contributed by atoms with E-state index in [-0.39, 0.29) is 5.48 Å². The topological polar surface area (TPSA) is 31.5 Å². The SMILES string of the molecule is CC[PH](c1ccccc1)(c1ccccc1)c1ccccc1.O. The van der Waals surface area contributed by atoms with Gasteiger partial charge in [-0.2, -0.15) is 0 Å².